The molecule has 0 aromatic heterocycles. The Labute approximate surface area is 160 Å². The van der Waals surface area contributed by atoms with E-state index in [1.807, 2.05) is 0 Å². The van der Waals surface area contributed by atoms with Gasteiger partial charge in [0.1, 0.15) is 18.1 Å². The van der Waals surface area contributed by atoms with Gasteiger partial charge in [0.2, 0.25) is 5.91 Å². The van der Waals surface area contributed by atoms with Crippen LogP contribution in [0.15, 0.2) is 0 Å². The van der Waals surface area contributed by atoms with Crippen molar-refractivity contribution in [2.45, 2.75) is 71.9 Å². The van der Waals surface area contributed by atoms with Gasteiger partial charge in [0, 0.05) is 0 Å². The first-order chi connectivity index (χ1) is 12.4. The average molecular weight is 381 g/mol. The van der Waals surface area contributed by atoms with E-state index in [9.17, 15) is 24.3 Å². The van der Waals surface area contributed by atoms with Gasteiger partial charge < -0.3 is 15.7 Å². The van der Waals surface area contributed by atoms with Gasteiger partial charge in [-0.05, 0) is 42.9 Å². The van der Waals surface area contributed by atoms with Crippen LogP contribution in [-0.4, -0.2) is 51.9 Å². The minimum Gasteiger partial charge on any atom is -0.480 e. The molecule has 1 aliphatic carbocycles. The van der Waals surface area contributed by atoms with Gasteiger partial charge in [-0.1, -0.05) is 34.6 Å². The summed E-state index contributed by atoms with van der Waals surface area (Å²) in [5.74, 6) is -2.01. The van der Waals surface area contributed by atoms with E-state index in [1.165, 1.54) is 0 Å². The number of urea groups is 1. The first-order valence-electron chi connectivity index (χ1n) is 9.53. The predicted molar refractivity (Wildman–Crippen MR) is 98.8 cm³/mol. The number of imide groups is 1. The van der Waals surface area contributed by atoms with Gasteiger partial charge in [-0.15, -0.1) is 0 Å². The first-order valence-corrected chi connectivity index (χ1v) is 9.53. The zero-order valence-electron chi connectivity index (χ0n) is 16.8. The summed E-state index contributed by atoms with van der Waals surface area (Å²) in [5.41, 5.74) is -0.779. The van der Waals surface area contributed by atoms with E-state index in [-0.39, 0.29) is 17.2 Å². The summed E-state index contributed by atoms with van der Waals surface area (Å²) in [4.78, 5) is 49.6. The third-order valence-corrected chi connectivity index (χ3v) is 5.86. The molecule has 152 valence electrons. The lowest BCUT2D eigenvalue weighted by Gasteiger charge is -2.40. The molecule has 4 amide bonds. The zero-order chi connectivity index (χ0) is 20.6. The summed E-state index contributed by atoms with van der Waals surface area (Å²) in [5, 5.41) is 14.3. The molecule has 2 rings (SSSR count). The standard InChI is InChI=1S/C19H31N3O5/c1-11(2)14(15(24)25)20-13(23)10-22-16(26)19(21-17(22)27)8-6-12(7-9-19)18(3,4)5/h11-12,14H,6-10H2,1-5H3,(H,20,23)(H,21,27)(H,24,25)/t12?,14-,19?/m0/s1. The minimum atomic E-state index is -1.15. The van der Waals surface area contributed by atoms with Crippen molar-refractivity contribution in [3.05, 3.63) is 0 Å². The highest BCUT2D eigenvalue weighted by molar-refractivity contribution is 6.09. The molecule has 8 heteroatoms. The van der Waals surface area contributed by atoms with Crippen LogP contribution in [0.2, 0.25) is 0 Å². The Kier molecular flexibility index (Phi) is 5.87. The Hall–Kier alpha value is -2.12. The van der Waals surface area contributed by atoms with Crippen LogP contribution in [0.5, 0.6) is 0 Å². The number of hydrogen-bond donors (Lipinski definition) is 3. The molecule has 1 aliphatic heterocycles. The maximum atomic E-state index is 12.9. The molecule has 1 spiro atoms. The smallest absolute Gasteiger partial charge is 0.326 e. The van der Waals surface area contributed by atoms with Crippen LogP contribution >= 0.6 is 0 Å². The number of carbonyl (C=O) groups excluding carboxylic acids is 3. The molecule has 2 fully saturated rings. The lowest BCUT2D eigenvalue weighted by Crippen LogP contribution is -2.52. The molecule has 1 saturated carbocycles. The number of carboxylic acid groups (broad SMARTS) is 1. The van der Waals surface area contributed by atoms with E-state index in [4.69, 9.17) is 0 Å². The highest BCUT2D eigenvalue weighted by Gasteiger charge is 2.53. The molecule has 1 heterocycles. The Morgan fingerprint density at radius 1 is 1.26 bits per heavy atom. The quantitative estimate of drug-likeness (QED) is 0.627. The van der Waals surface area contributed by atoms with Crippen molar-refractivity contribution in [1.82, 2.24) is 15.5 Å². The molecule has 3 N–H and O–H groups in total. The molecule has 1 atom stereocenters. The van der Waals surface area contributed by atoms with Crippen LogP contribution in [0, 0.1) is 17.3 Å². The second-order valence-corrected chi connectivity index (χ2v) is 9.17. The van der Waals surface area contributed by atoms with Crippen LogP contribution in [0.1, 0.15) is 60.3 Å². The van der Waals surface area contributed by atoms with E-state index in [1.54, 1.807) is 13.8 Å². The fourth-order valence-corrected chi connectivity index (χ4v) is 4.01. The summed E-state index contributed by atoms with van der Waals surface area (Å²) in [7, 11) is 0. The van der Waals surface area contributed by atoms with Crippen molar-refractivity contribution in [2.24, 2.45) is 17.3 Å². The van der Waals surface area contributed by atoms with Crippen molar-refractivity contribution in [3.63, 3.8) is 0 Å². The van der Waals surface area contributed by atoms with E-state index in [0.717, 1.165) is 17.7 Å². The van der Waals surface area contributed by atoms with Crippen LogP contribution in [0.25, 0.3) is 0 Å². The highest BCUT2D eigenvalue weighted by atomic mass is 16.4. The Bertz CT molecular complexity index is 630. The largest absolute Gasteiger partial charge is 0.480 e. The van der Waals surface area contributed by atoms with Crippen molar-refractivity contribution in [1.29, 1.82) is 0 Å². The first kappa shape index (κ1) is 21.2. The Balaban J connectivity index is 2.02. The van der Waals surface area contributed by atoms with Gasteiger partial charge in [-0.25, -0.2) is 9.59 Å². The van der Waals surface area contributed by atoms with Gasteiger partial charge in [0.05, 0.1) is 0 Å². The number of amides is 4. The van der Waals surface area contributed by atoms with Crippen LogP contribution in [0.4, 0.5) is 4.79 Å². The van der Waals surface area contributed by atoms with Crippen LogP contribution in [-0.2, 0) is 14.4 Å². The summed E-state index contributed by atoms with van der Waals surface area (Å²) >= 11 is 0. The number of rotatable bonds is 5. The summed E-state index contributed by atoms with van der Waals surface area (Å²) in [6.45, 7) is 9.41. The predicted octanol–water partition coefficient (Wildman–Crippen LogP) is 1.74. The third-order valence-electron chi connectivity index (χ3n) is 5.86. The second kappa shape index (κ2) is 7.48. The molecule has 2 aliphatic rings. The molecule has 0 unspecified atom stereocenters. The monoisotopic (exact) mass is 381 g/mol. The van der Waals surface area contributed by atoms with Gasteiger partial charge in [0.15, 0.2) is 0 Å². The zero-order valence-corrected chi connectivity index (χ0v) is 16.8. The summed E-state index contributed by atoms with van der Waals surface area (Å²) < 4.78 is 0. The third kappa shape index (κ3) is 4.42. The fraction of sp³-hybridized carbons (Fsp3) is 0.789. The van der Waals surface area contributed by atoms with Crippen LogP contribution < -0.4 is 10.6 Å². The van der Waals surface area contributed by atoms with E-state index in [2.05, 4.69) is 31.4 Å². The van der Waals surface area contributed by atoms with Gasteiger partial charge in [-0.2, -0.15) is 0 Å². The van der Waals surface area contributed by atoms with Gasteiger partial charge in [0.25, 0.3) is 5.91 Å². The van der Waals surface area contributed by atoms with E-state index < -0.39 is 36.0 Å². The lowest BCUT2D eigenvalue weighted by atomic mass is 9.67. The number of nitrogens with one attached hydrogen (secondary N) is 2. The Morgan fingerprint density at radius 3 is 2.26 bits per heavy atom. The lowest BCUT2D eigenvalue weighted by molar-refractivity contribution is -0.143. The molecule has 0 aromatic carbocycles. The van der Waals surface area contributed by atoms with Crippen molar-refractivity contribution in [3.8, 4) is 0 Å². The molecule has 27 heavy (non-hydrogen) atoms. The number of hydrogen-bond acceptors (Lipinski definition) is 4. The molecular formula is C19H31N3O5. The number of carboxylic acids is 1. The molecule has 0 aromatic rings. The van der Waals surface area contributed by atoms with E-state index >= 15 is 0 Å². The van der Waals surface area contributed by atoms with Gasteiger partial charge >= 0.3 is 12.0 Å². The molecule has 0 bridgehead atoms. The SMILES string of the molecule is CC(C)[C@H](NC(=O)CN1C(=O)NC2(CCC(C(C)(C)C)CC2)C1=O)C(=O)O. The van der Waals surface area contributed by atoms with E-state index in [0.29, 0.717) is 18.8 Å². The summed E-state index contributed by atoms with van der Waals surface area (Å²) in [6, 6.07) is -1.64. The molecule has 1 saturated heterocycles. The highest BCUT2D eigenvalue weighted by Crippen LogP contribution is 2.43. The molecule has 8 nitrogen and oxygen atoms in total. The maximum absolute atomic E-state index is 12.9. The Morgan fingerprint density at radius 2 is 1.81 bits per heavy atom. The maximum Gasteiger partial charge on any atom is 0.326 e. The van der Waals surface area contributed by atoms with Crippen molar-refractivity contribution in [2.75, 3.05) is 6.54 Å². The van der Waals surface area contributed by atoms with Crippen molar-refractivity contribution >= 4 is 23.8 Å². The minimum absolute atomic E-state index is 0.148. The fourth-order valence-electron chi connectivity index (χ4n) is 4.01. The number of nitrogens with zero attached hydrogens (tertiary/aromatic N) is 1. The topological polar surface area (TPSA) is 116 Å². The van der Waals surface area contributed by atoms with Crippen molar-refractivity contribution < 1.29 is 24.3 Å². The number of carbonyl (C=O) groups is 4. The average Bonchev–Trinajstić information content (AvgIpc) is 2.76. The normalized spacial score (nSPS) is 27.0. The summed E-state index contributed by atoms with van der Waals surface area (Å²) in [6.07, 6.45) is 2.79. The second-order valence-electron chi connectivity index (χ2n) is 9.17. The van der Waals surface area contributed by atoms with Crippen LogP contribution in [0.3, 0.4) is 0 Å². The van der Waals surface area contributed by atoms with Gasteiger partial charge in [-0.3, -0.25) is 14.5 Å². The number of aliphatic carboxylic acids is 1. The molecular weight excluding hydrogens is 350 g/mol. The molecule has 0 radical (unpaired) electrons.